The number of carboxylic acid groups (broad SMARTS) is 1. The lowest BCUT2D eigenvalue weighted by atomic mass is 10.1. The van der Waals surface area contributed by atoms with Crippen molar-refractivity contribution < 1.29 is 29.0 Å². The highest BCUT2D eigenvalue weighted by Crippen LogP contribution is 2.18. The van der Waals surface area contributed by atoms with Gasteiger partial charge in [-0.05, 0) is 32.0 Å². The molecule has 3 aromatic rings. The van der Waals surface area contributed by atoms with Gasteiger partial charge in [-0.1, -0.05) is 60.7 Å². The molecule has 4 rings (SSSR count). The van der Waals surface area contributed by atoms with Crippen molar-refractivity contribution >= 4 is 23.9 Å². The number of aromatic nitrogens is 2. The Labute approximate surface area is 256 Å². The molecule has 1 aliphatic rings. The Morgan fingerprint density at radius 3 is 2.20 bits per heavy atom. The van der Waals surface area contributed by atoms with E-state index in [1.807, 2.05) is 67.7 Å². The van der Waals surface area contributed by atoms with Gasteiger partial charge >= 0.3 is 12.1 Å². The van der Waals surface area contributed by atoms with Crippen LogP contribution >= 0.6 is 0 Å². The predicted molar refractivity (Wildman–Crippen MR) is 162 cm³/mol. The molecule has 2 aromatic carbocycles. The van der Waals surface area contributed by atoms with Crippen LogP contribution in [-0.4, -0.2) is 99.5 Å². The van der Waals surface area contributed by atoms with E-state index in [4.69, 9.17) is 9.72 Å². The minimum atomic E-state index is -1.09. The molecular formula is C32H38N6O6. The molecule has 0 saturated carbocycles. The third-order valence-corrected chi connectivity index (χ3v) is 7.14. The van der Waals surface area contributed by atoms with Crippen LogP contribution in [0.2, 0.25) is 0 Å². The smallest absolute Gasteiger partial charge is 0.409 e. The Balaban J connectivity index is 1.53. The molecule has 44 heavy (non-hydrogen) atoms. The molecule has 0 aliphatic carbocycles. The number of ether oxygens (including phenoxy) is 1. The van der Waals surface area contributed by atoms with E-state index >= 15 is 0 Å². The van der Waals surface area contributed by atoms with Crippen LogP contribution in [0.5, 0.6) is 0 Å². The molecule has 0 bridgehead atoms. The zero-order valence-electron chi connectivity index (χ0n) is 25.0. The third kappa shape index (κ3) is 9.08. The molecule has 0 unspecified atom stereocenters. The van der Waals surface area contributed by atoms with Crippen molar-refractivity contribution in [2.24, 2.45) is 0 Å². The molecule has 2 N–H and O–H groups in total. The summed E-state index contributed by atoms with van der Waals surface area (Å²) in [5, 5.41) is 12.1. The quantitative estimate of drug-likeness (QED) is 0.320. The standard InChI is InChI=1S/C32H38N6O6/c1-3-44-32(43)38-18-16-37(17-19-38)31(42)26(14-15-28(39)40)35-30(41)27-20-25(22-36(2)21-23-10-6-4-7-11-23)33-29(34-27)24-12-8-5-9-13-24/h4-13,20,26H,3,14-19,21-22H2,1-2H3,(H,35,41)(H,39,40)/t26-/m0/s1. The molecule has 1 aromatic heterocycles. The molecular weight excluding hydrogens is 564 g/mol. The number of hydrogen-bond donors (Lipinski definition) is 2. The first-order valence-electron chi connectivity index (χ1n) is 14.6. The van der Waals surface area contributed by atoms with Gasteiger partial charge in [0, 0.05) is 51.3 Å². The number of carbonyl (C=O) groups is 4. The van der Waals surface area contributed by atoms with Crippen molar-refractivity contribution in [1.82, 2.24) is 30.0 Å². The van der Waals surface area contributed by atoms with Gasteiger partial charge in [-0.3, -0.25) is 19.3 Å². The van der Waals surface area contributed by atoms with Gasteiger partial charge in [0.15, 0.2) is 5.82 Å². The maximum Gasteiger partial charge on any atom is 0.409 e. The fourth-order valence-corrected chi connectivity index (χ4v) is 4.94. The monoisotopic (exact) mass is 602 g/mol. The molecule has 12 nitrogen and oxygen atoms in total. The number of nitrogens with one attached hydrogen (secondary N) is 1. The Morgan fingerprint density at radius 2 is 1.57 bits per heavy atom. The van der Waals surface area contributed by atoms with E-state index in [0.29, 0.717) is 24.6 Å². The third-order valence-electron chi connectivity index (χ3n) is 7.14. The Morgan fingerprint density at radius 1 is 0.932 bits per heavy atom. The Bertz CT molecular complexity index is 1430. The zero-order chi connectivity index (χ0) is 31.5. The van der Waals surface area contributed by atoms with Crippen LogP contribution in [0.4, 0.5) is 4.79 Å². The van der Waals surface area contributed by atoms with Crippen molar-refractivity contribution in [1.29, 1.82) is 0 Å². The van der Waals surface area contributed by atoms with E-state index in [2.05, 4.69) is 15.2 Å². The second-order valence-electron chi connectivity index (χ2n) is 10.6. The van der Waals surface area contributed by atoms with Crippen LogP contribution in [0.15, 0.2) is 66.7 Å². The zero-order valence-corrected chi connectivity index (χ0v) is 25.0. The van der Waals surface area contributed by atoms with Gasteiger partial charge in [0.2, 0.25) is 5.91 Å². The lowest BCUT2D eigenvalue weighted by Crippen LogP contribution is -2.56. The lowest BCUT2D eigenvalue weighted by molar-refractivity contribution is -0.138. The topological polar surface area (TPSA) is 145 Å². The molecule has 2 heterocycles. The molecule has 232 valence electrons. The SMILES string of the molecule is CCOC(=O)N1CCN(C(=O)[C@H](CCC(=O)O)NC(=O)c2cc(CN(C)Cc3ccccc3)nc(-c3ccccc3)n2)CC1. The Kier molecular flexibility index (Phi) is 11.4. The first-order valence-corrected chi connectivity index (χ1v) is 14.6. The second kappa shape index (κ2) is 15.6. The number of carboxylic acids is 1. The van der Waals surface area contributed by atoms with Gasteiger partial charge < -0.3 is 25.0 Å². The number of piperazine rings is 1. The summed E-state index contributed by atoms with van der Waals surface area (Å²) in [7, 11) is 1.96. The van der Waals surface area contributed by atoms with Crippen LogP contribution in [0, 0.1) is 0 Å². The molecule has 12 heteroatoms. The van der Waals surface area contributed by atoms with Crippen LogP contribution in [0.1, 0.15) is 41.5 Å². The van der Waals surface area contributed by atoms with E-state index in [-0.39, 0.29) is 51.3 Å². The van der Waals surface area contributed by atoms with Crippen LogP contribution in [-0.2, 0) is 27.4 Å². The first-order chi connectivity index (χ1) is 21.2. The molecule has 1 fully saturated rings. The fraction of sp³-hybridized carbons (Fsp3) is 0.375. The molecule has 1 saturated heterocycles. The molecule has 0 radical (unpaired) electrons. The van der Waals surface area contributed by atoms with Gasteiger partial charge in [-0.2, -0.15) is 0 Å². The number of benzene rings is 2. The summed E-state index contributed by atoms with van der Waals surface area (Å²) in [5.74, 6) is -1.74. The number of amides is 3. The summed E-state index contributed by atoms with van der Waals surface area (Å²) in [5.41, 5.74) is 2.55. The van der Waals surface area contributed by atoms with Gasteiger partial charge in [0.25, 0.3) is 5.91 Å². The summed E-state index contributed by atoms with van der Waals surface area (Å²) in [6.45, 7) is 4.10. The summed E-state index contributed by atoms with van der Waals surface area (Å²) in [6.07, 6.45) is -0.853. The number of nitrogens with zero attached hydrogens (tertiary/aromatic N) is 5. The predicted octanol–water partition coefficient (Wildman–Crippen LogP) is 3.04. The number of hydrogen-bond acceptors (Lipinski definition) is 8. The Hall–Kier alpha value is -4.84. The second-order valence-corrected chi connectivity index (χ2v) is 10.6. The van der Waals surface area contributed by atoms with Crippen LogP contribution in [0.3, 0.4) is 0 Å². The fourth-order valence-electron chi connectivity index (χ4n) is 4.94. The van der Waals surface area contributed by atoms with E-state index in [1.165, 1.54) is 9.80 Å². The largest absolute Gasteiger partial charge is 0.481 e. The summed E-state index contributed by atoms with van der Waals surface area (Å²) in [6, 6.07) is 19.8. The maximum absolute atomic E-state index is 13.6. The molecule has 0 spiro atoms. The van der Waals surface area contributed by atoms with E-state index in [9.17, 15) is 24.3 Å². The van der Waals surface area contributed by atoms with Crippen molar-refractivity contribution in [2.45, 2.75) is 38.9 Å². The maximum atomic E-state index is 13.6. The highest BCUT2D eigenvalue weighted by Gasteiger charge is 2.31. The van der Waals surface area contributed by atoms with Crippen LogP contribution < -0.4 is 5.32 Å². The van der Waals surface area contributed by atoms with Gasteiger partial charge in [0.05, 0.1) is 12.3 Å². The normalized spacial score (nSPS) is 13.8. The van der Waals surface area contributed by atoms with Gasteiger partial charge in [-0.15, -0.1) is 0 Å². The molecule has 1 aliphatic heterocycles. The average Bonchev–Trinajstić information content (AvgIpc) is 3.03. The van der Waals surface area contributed by atoms with Crippen molar-refractivity contribution in [3.63, 3.8) is 0 Å². The minimum absolute atomic E-state index is 0.0715. The van der Waals surface area contributed by atoms with Crippen LogP contribution in [0.25, 0.3) is 11.4 Å². The molecule has 1 atom stereocenters. The van der Waals surface area contributed by atoms with E-state index in [1.54, 1.807) is 13.0 Å². The van der Waals surface area contributed by atoms with Gasteiger partial charge in [-0.25, -0.2) is 14.8 Å². The van der Waals surface area contributed by atoms with Crippen molar-refractivity contribution in [3.8, 4) is 11.4 Å². The first kappa shape index (κ1) is 32.1. The highest BCUT2D eigenvalue weighted by molar-refractivity contribution is 5.96. The van der Waals surface area contributed by atoms with E-state index < -0.39 is 29.9 Å². The number of aliphatic carboxylic acids is 1. The number of rotatable bonds is 12. The molecule has 3 amide bonds. The summed E-state index contributed by atoms with van der Waals surface area (Å²) < 4.78 is 5.04. The number of carbonyl (C=O) groups excluding carboxylic acids is 3. The summed E-state index contributed by atoms with van der Waals surface area (Å²) >= 11 is 0. The highest BCUT2D eigenvalue weighted by atomic mass is 16.6. The summed E-state index contributed by atoms with van der Waals surface area (Å²) in [4.78, 5) is 64.9. The minimum Gasteiger partial charge on any atom is -0.481 e. The van der Waals surface area contributed by atoms with Crippen molar-refractivity contribution in [3.05, 3.63) is 83.7 Å². The van der Waals surface area contributed by atoms with Crippen molar-refractivity contribution in [2.75, 3.05) is 39.8 Å². The van der Waals surface area contributed by atoms with E-state index in [0.717, 1.165) is 11.1 Å². The average molecular weight is 603 g/mol. The lowest BCUT2D eigenvalue weighted by Gasteiger charge is -2.35. The van der Waals surface area contributed by atoms with Gasteiger partial charge in [0.1, 0.15) is 11.7 Å².